The Bertz CT molecular complexity index is 338. The lowest BCUT2D eigenvalue weighted by Gasteiger charge is -2.06. The normalized spacial score (nSPS) is 13.2. The van der Waals surface area contributed by atoms with E-state index in [1.807, 2.05) is 0 Å². The number of anilines is 1. The van der Waals surface area contributed by atoms with E-state index in [1.165, 1.54) is 12.1 Å². The summed E-state index contributed by atoms with van der Waals surface area (Å²) in [6.45, 7) is 3.57. The Morgan fingerprint density at radius 3 is 2.54 bits per heavy atom. The highest BCUT2D eigenvalue weighted by Crippen LogP contribution is 2.17. The van der Waals surface area contributed by atoms with E-state index in [2.05, 4.69) is 0 Å². The maximum absolute atomic E-state index is 13.2. The van der Waals surface area contributed by atoms with Crippen molar-refractivity contribution < 1.29 is 8.60 Å². The third kappa shape index (κ3) is 2.28. The highest BCUT2D eigenvalue weighted by atomic mass is 32.2. The van der Waals surface area contributed by atoms with Gasteiger partial charge >= 0.3 is 0 Å². The van der Waals surface area contributed by atoms with Crippen LogP contribution in [0.15, 0.2) is 23.1 Å². The van der Waals surface area contributed by atoms with Crippen LogP contribution in [-0.2, 0) is 10.8 Å². The highest BCUT2D eigenvalue weighted by Gasteiger charge is 2.12. The Hall–Kier alpha value is -0.900. The fourth-order valence-electron chi connectivity index (χ4n) is 0.934. The number of rotatable bonds is 2. The van der Waals surface area contributed by atoms with Crippen LogP contribution >= 0.6 is 0 Å². The number of nitrogens with two attached hydrogens (primary N) is 1. The summed E-state index contributed by atoms with van der Waals surface area (Å²) in [4.78, 5) is 0.226. The van der Waals surface area contributed by atoms with Crippen molar-refractivity contribution in [3.8, 4) is 0 Å². The quantitative estimate of drug-likeness (QED) is 0.743. The molecule has 0 aliphatic rings. The molecule has 13 heavy (non-hydrogen) atoms. The first-order valence-electron chi connectivity index (χ1n) is 3.98. The summed E-state index contributed by atoms with van der Waals surface area (Å²) < 4.78 is 24.7. The molecule has 0 heterocycles. The van der Waals surface area contributed by atoms with E-state index in [1.54, 1.807) is 19.9 Å². The van der Waals surface area contributed by atoms with Gasteiger partial charge in [-0.15, -0.1) is 0 Å². The number of benzene rings is 1. The van der Waals surface area contributed by atoms with E-state index < -0.39 is 16.6 Å². The summed E-state index contributed by atoms with van der Waals surface area (Å²) in [5.74, 6) is -0.493. The molecule has 0 spiro atoms. The monoisotopic (exact) mass is 201 g/mol. The van der Waals surface area contributed by atoms with Gasteiger partial charge in [-0.25, -0.2) is 4.39 Å². The van der Waals surface area contributed by atoms with Crippen molar-refractivity contribution in [2.75, 3.05) is 5.73 Å². The third-order valence-corrected chi connectivity index (χ3v) is 3.22. The second-order valence-corrected chi connectivity index (χ2v) is 5.01. The van der Waals surface area contributed by atoms with Gasteiger partial charge in [-0.1, -0.05) is 13.8 Å². The smallest absolute Gasteiger partial charge is 0.141 e. The van der Waals surface area contributed by atoms with Crippen LogP contribution in [0.3, 0.4) is 0 Å². The van der Waals surface area contributed by atoms with Crippen molar-refractivity contribution >= 4 is 16.5 Å². The molecular formula is C9H12FNOS. The Kier molecular flexibility index (Phi) is 3.03. The molecule has 0 radical (unpaired) electrons. The van der Waals surface area contributed by atoms with Gasteiger partial charge in [0, 0.05) is 10.9 Å². The molecular weight excluding hydrogens is 189 g/mol. The van der Waals surface area contributed by atoms with Crippen LogP contribution in [0.1, 0.15) is 13.8 Å². The lowest BCUT2D eigenvalue weighted by atomic mass is 10.3. The Balaban J connectivity index is 3.09. The van der Waals surface area contributed by atoms with Gasteiger partial charge in [-0.2, -0.15) is 0 Å². The minimum atomic E-state index is -1.29. The van der Waals surface area contributed by atoms with Crippen LogP contribution in [0, 0.1) is 5.82 Å². The van der Waals surface area contributed by atoms with Gasteiger partial charge in [0.05, 0.1) is 15.7 Å². The summed E-state index contributed by atoms with van der Waals surface area (Å²) >= 11 is 0. The van der Waals surface area contributed by atoms with E-state index in [0.717, 1.165) is 0 Å². The molecule has 0 bridgehead atoms. The van der Waals surface area contributed by atoms with Gasteiger partial charge < -0.3 is 5.73 Å². The molecule has 1 unspecified atom stereocenters. The standard InChI is InChI=1S/C9H12FNOS/c1-6(2)13(12)9-4-3-7(11)5-8(9)10/h3-6H,11H2,1-2H3. The van der Waals surface area contributed by atoms with Gasteiger partial charge in [0.25, 0.3) is 0 Å². The van der Waals surface area contributed by atoms with Crippen molar-refractivity contribution in [3.63, 3.8) is 0 Å². The number of hydrogen-bond acceptors (Lipinski definition) is 2. The highest BCUT2D eigenvalue weighted by molar-refractivity contribution is 7.85. The predicted octanol–water partition coefficient (Wildman–Crippen LogP) is 1.92. The Labute approximate surface area is 79.4 Å². The minimum Gasteiger partial charge on any atom is -0.399 e. The topological polar surface area (TPSA) is 43.1 Å². The first-order chi connectivity index (χ1) is 6.02. The minimum absolute atomic E-state index is 0.0851. The molecule has 2 N–H and O–H groups in total. The van der Waals surface area contributed by atoms with Gasteiger partial charge in [0.2, 0.25) is 0 Å². The fourth-order valence-corrected chi connectivity index (χ4v) is 1.90. The number of nitrogen functional groups attached to an aromatic ring is 1. The van der Waals surface area contributed by atoms with E-state index in [9.17, 15) is 8.60 Å². The zero-order chi connectivity index (χ0) is 10.0. The van der Waals surface area contributed by atoms with E-state index in [-0.39, 0.29) is 10.1 Å². The maximum atomic E-state index is 13.2. The lowest BCUT2D eigenvalue weighted by Crippen LogP contribution is -2.07. The molecule has 0 saturated carbocycles. The van der Waals surface area contributed by atoms with Crippen molar-refractivity contribution in [1.82, 2.24) is 0 Å². The molecule has 0 aliphatic carbocycles. The summed E-state index contributed by atoms with van der Waals surface area (Å²) in [6.07, 6.45) is 0. The maximum Gasteiger partial charge on any atom is 0.141 e. The van der Waals surface area contributed by atoms with Gasteiger partial charge in [-0.3, -0.25) is 4.21 Å². The van der Waals surface area contributed by atoms with Crippen LogP contribution in [0.2, 0.25) is 0 Å². The fraction of sp³-hybridized carbons (Fsp3) is 0.333. The molecule has 1 aromatic carbocycles. The summed E-state index contributed by atoms with van der Waals surface area (Å²) in [7, 11) is -1.29. The van der Waals surface area contributed by atoms with Crippen LogP contribution in [0.25, 0.3) is 0 Å². The molecule has 1 atom stereocenters. The molecule has 0 aliphatic heterocycles. The number of halogens is 1. The average molecular weight is 201 g/mol. The van der Waals surface area contributed by atoms with Gasteiger partial charge in [0.1, 0.15) is 5.82 Å². The van der Waals surface area contributed by atoms with Crippen molar-refractivity contribution in [3.05, 3.63) is 24.0 Å². The molecule has 2 nitrogen and oxygen atoms in total. The van der Waals surface area contributed by atoms with Crippen molar-refractivity contribution in [1.29, 1.82) is 0 Å². The average Bonchev–Trinajstić information content (AvgIpc) is 2.03. The first-order valence-corrected chi connectivity index (χ1v) is 5.19. The molecule has 1 aromatic rings. The first kappa shape index (κ1) is 10.2. The van der Waals surface area contributed by atoms with Crippen molar-refractivity contribution in [2.24, 2.45) is 0 Å². The second kappa shape index (κ2) is 3.87. The molecule has 0 amide bonds. The number of hydrogen-bond donors (Lipinski definition) is 1. The third-order valence-electron chi connectivity index (χ3n) is 1.60. The van der Waals surface area contributed by atoms with Crippen LogP contribution < -0.4 is 5.73 Å². The molecule has 0 aromatic heterocycles. The largest absolute Gasteiger partial charge is 0.399 e. The zero-order valence-electron chi connectivity index (χ0n) is 7.58. The van der Waals surface area contributed by atoms with E-state index in [0.29, 0.717) is 5.69 Å². The summed E-state index contributed by atoms with van der Waals surface area (Å²) in [5, 5.41) is -0.0851. The van der Waals surface area contributed by atoms with Crippen LogP contribution in [-0.4, -0.2) is 9.46 Å². The van der Waals surface area contributed by atoms with Crippen molar-refractivity contribution in [2.45, 2.75) is 24.0 Å². The molecule has 4 heteroatoms. The van der Waals surface area contributed by atoms with Crippen LogP contribution in [0.5, 0.6) is 0 Å². The lowest BCUT2D eigenvalue weighted by molar-refractivity contribution is 0.594. The predicted molar refractivity (Wildman–Crippen MR) is 52.4 cm³/mol. The van der Waals surface area contributed by atoms with Crippen LogP contribution in [0.4, 0.5) is 10.1 Å². The second-order valence-electron chi connectivity index (χ2n) is 3.04. The molecule has 0 fully saturated rings. The Morgan fingerprint density at radius 1 is 1.46 bits per heavy atom. The summed E-state index contributed by atoms with van der Waals surface area (Å²) in [5.41, 5.74) is 5.71. The molecule has 1 rings (SSSR count). The Morgan fingerprint density at radius 2 is 2.08 bits per heavy atom. The van der Waals surface area contributed by atoms with Gasteiger partial charge in [-0.05, 0) is 18.2 Å². The van der Waals surface area contributed by atoms with E-state index >= 15 is 0 Å². The van der Waals surface area contributed by atoms with E-state index in [4.69, 9.17) is 5.73 Å². The zero-order valence-corrected chi connectivity index (χ0v) is 8.40. The molecule has 0 saturated heterocycles. The SMILES string of the molecule is CC(C)S(=O)c1ccc(N)cc1F. The molecule has 72 valence electrons. The summed E-state index contributed by atoms with van der Waals surface area (Å²) in [6, 6.07) is 4.22. The van der Waals surface area contributed by atoms with Gasteiger partial charge in [0.15, 0.2) is 0 Å².